The van der Waals surface area contributed by atoms with Crippen LogP contribution in [0.2, 0.25) is 0 Å². The summed E-state index contributed by atoms with van der Waals surface area (Å²) < 4.78 is 25.2. The first-order valence-corrected chi connectivity index (χ1v) is 9.21. The van der Waals surface area contributed by atoms with Crippen molar-refractivity contribution in [3.05, 3.63) is 24.3 Å². The molecule has 2 aliphatic heterocycles. The van der Waals surface area contributed by atoms with Crippen LogP contribution in [0.15, 0.2) is 24.3 Å². The van der Waals surface area contributed by atoms with Gasteiger partial charge in [-0.15, -0.1) is 0 Å². The number of anilines is 2. The molecule has 8 nitrogen and oxygen atoms in total. The first-order valence-electron chi connectivity index (χ1n) is 7.60. The van der Waals surface area contributed by atoms with Crippen LogP contribution in [0.3, 0.4) is 0 Å². The van der Waals surface area contributed by atoms with E-state index in [2.05, 4.69) is 5.32 Å². The lowest BCUT2D eigenvalue weighted by molar-refractivity contribution is -0.141. The zero-order valence-electron chi connectivity index (χ0n) is 12.9. The highest BCUT2D eigenvalue weighted by atomic mass is 32.2. The van der Waals surface area contributed by atoms with Gasteiger partial charge in [0.05, 0.1) is 11.4 Å². The minimum atomic E-state index is -3.30. The molecule has 3 rings (SSSR count). The highest BCUT2D eigenvalue weighted by molar-refractivity contribution is 7.93. The monoisotopic (exact) mass is 351 g/mol. The molecule has 24 heavy (non-hydrogen) atoms. The van der Waals surface area contributed by atoms with Gasteiger partial charge in [0.2, 0.25) is 27.7 Å². The van der Waals surface area contributed by atoms with Gasteiger partial charge in [0.15, 0.2) is 0 Å². The lowest BCUT2D eigenvalue weighted by Gasteiger charge is -2.18. The number of rotatable bonds is 4. The van der Waals surface area contributed by atoms with Crippen molar-refractivity contribution in [3.63, 3.8) is 0 Å². The smallest absolute Gasteiger partial charge is 0.244 e. The Bertz CT molecular complexity index is 789. The average molecular weight is 351 g/mol. The molecule has 0 aromatic heterocycles. The third kappa shape index (κ3) is 3.25. The van der Waals surface area contributed by atoms with E-state index in [0.717, 1.165) is 4.90 Å². The summed E-state index contributed by atoms with van der Waals surface area (Å²) in [5.41, 5.74) is 0.900. The molecule has 2 saturated heterocycles. The van der Waals surface area contributed by atoms with Crippen molar-refractivity contribution in [1.82, 2.24) is 4.90 Å². The van der Waals surface area contributed by atoms with Gasteiger partial charge < -0.3 is 5.32 Å². The van der Waals surface area contributed by atoms with Crippen molar-refractivity contribution >= 4 is 39.1 Å². The van der Waals surface area contributed by atoms with E-state index in [0.29, 0.717) is 24.3 Å². The standard InChI is InChI=1S/C15H17N3O5S/c19-13(10-17-14(20)5-6-15(17)21)16-11-3-1-4-12(9-11)18-7-2-8-24(18,22)23/h1,3-4,9H,2,5-8,10H2,(H,16,19). The number of amides is 3. The summed E-state index contributed by atoms with van der Waals surface area (Å²) in [5, 5.41) is 2.59. The summed E-state index contributed by atoms with van der Waals surface area (Å²) in [5.74, 6) is -1.10. The van der Waals surface area contributed by atoms with Crippen LogP contribution in [-0.2, 0) is 24.4 Å². The van der Waals surface area contributed by atoms with Gasteiger partial charge in [-0.25, -0.2) is 8.42 Å². The van der Waals surface area contributed by atoms with Crippen molar-refractivity contribution in [2.45, 2.75) is 19.3 Å². The maximum atomic E-state index is 12.0. The van der Waals surface area contributed by atoms with Crippen LogP contribution < -0.4 is 9.62 Å². The Balaban J connectivity index is 1.70. The second-order valence-electron chi connectivity index (χ2n) is 5.71. The van der Waals surface area contributed by atoms with E-state index in [-0.39, 0.29) is 37.0 Å². The van der Waals surface area contributed by atoms with Gasteiger partial charge in [0.25, 0.3) is 0 Å². The maximum absolute atomic E-state index is 12.0. The molecule has 2 heterocycles. The highest BCUT2D eigenvalue weighted by Gasteiger charge is 2.31. The molecule has 1 N–H and O–H groups in total. The zero-order chi connectivity index (χ0) is 17.3. The molecule has 1 aromatic rings. The normalized spacial score (nSPS) is 19.8. The van der Waals surface area contributed by atoms with Crippen LogP contribution in [0, 0.1) is 0 Å². The molecular weight excluding hydrogens is 334 g/mol. The van der Waals surface area contributed by atoms with Gasteiger partial charge in [-0.2, -0.15) is 0 Å². The molecule has 2 aliphatic rings. The molecule has 9 heteroatoms. The van der Waals surface area contributed by atoms with Crippen LogP contribution in [0.25, 0.3) is 0 Å². The summed E-state index contributed by atoms with van der Waals surface area (Å²) in [6.07, 6.45) is 0.834. The topological polar surface area (TPSA) is 104 Å². The summed E-state index contributed by atoms with van der Waals surface area (Å²) in [4.78, 5) is 36.0. The van der Waals surface area contributed by atoms with E-state index in [4.69, 9.17) is 0 Å². The number of benzene rings is 1. The van der Waals surface area contributed by atoms with Crippen LogP contribution in [-0.4, -0.2) is 49.9 Å². The molecule has 1 aromatic carbocycles. The first kappa shape index (κ1) is 16.4. The summed E-state index contributed by atoms with van der Waals surface area (Å²) in [7, 11) is -3.30. The van der Waals surface area contributed by atoms with Gasteiger partial charge >= 0.3 is 0 Å². The van der Waals surface area contributed by atoms with Crippen LogP contribution in [0.5, 0.6) is 0 Å². The minimum absolute atomic E-state index is 0.114. The second-order valence-corrected chi connectivity index (χ2v) is 7.73. The number of sulfonamides is 1. The number of imide groups is 1. The minimum Gasteiger partial charge on any atom is -0.324 e. The summed E-state index contributed by atoms with van der Waals surface area (Å²) in [6.45, 7) is 0.0838. The van der Waals surface area contributed by atoms with Gasteiger partial charge in [0.1, 0.15) is 6.54 Å². The molecule has 0 aliphatic carbocycles. The first-order chi connectivity index (χ1) is 11.4. The van der Waals surface area contributed by atoms with Crippen molar-refractivity contribution in [2.75, 3.05) is 28.5 Å². The quantitative estimate of drug-likeness (QED) is 0.787. The Morgan fingerprint density at radius 3 is 2.50 bits per heavy atom. The van der Waals surface area contributed by atoms with E-state index in [1.165, 1.54) is 4.31 Å². The van der Waals surface area contributed by atoms with Crippen molar-refractivity contribution < 1.29 is 22.8 Å². The molecule has 0 unspecified atom stereocenters. The Hall–Kier alpha value is -2.42. The average Bonchev–Trinajstić information content (AvgIpc) is 3.03. The number of hydrogen-bond acceptors (Lipinski definition) is 5. The fourth-order valence-corrected chi connectivity index (χ4v) is 4.37. The van der Waals surface area contributed by atoms with Gasteiger partial charge in [-0.3, -0.25) is 23.6 Å². The van der Waals surface area contributed by atoms with Crippen molar-refractivity contribution in [2.24, 2.45) is 0 Å². The number of carbonyl (C=O) groups excluding carboxylic acids is 3. The van der Waals surface area contributed by atoms with Crippen molar-refractivity contribution in [1.29, 1.82) is 0 Å². The number of likely N-dealkylation sites (tertiary alicyclic amines) is 1. The molecule has 0 saturated carbocycles. The molecular formula is C15H17N3O5S. The van der Waals surface area contributed by atoms with E-state index < -0.39 is 15.9 Å². The predicted molar refractivity (Wildman–Crippen MR) is 86.8 cm³/mol. The summed E-state index contributed by atoms with van der Waals surface area (Å²) >= 11 is 0. The number of hydrogen-bond donors (Lipinski definition) is 1. The molecule has 0 bridgehead atoms. The Morgan fingerprint density at radius 1 is 1.17 bits per heavy atom. The Kier molecular flexibility index (Phi) is 4.27. The van der Waals surface area contributed by atoms with Crippen LogP contribution in [0.4, 0.5) is 11.4 Å². The van der Waals surface area contributed by atoms with Crippen LogP contribution in [0.1, 0.15) is 19.3 Å². The predicted octanol–water partition coefficient (Wildman–Crippen LogP) is 0.314. The molecule has 3 amide bonds. The SMILES string of the molecule is O=C(CN1C(=O)CCC1=O)Nc1cccc(N2CCCS2(=O)=O)c1. The lowest BCUT2D eigenvalue weighted by atomic mass is 10.2. The molecule has 2 fully saturated rings. The summed E-state index contributed by atoms with van der Waals surface area (Å²) in [6, 6.07) is 6.49. The molecule has 0 radical (unpaired) electrons. The third-order valence-electron chi connectivity index (χ3n) is 3.97. The maximum Gasteiger partial charge on any atom is 0.244 e. The number of nitrogens with one attached hydrogen (secondary N) is 1. The van der Waals surface area contributed by atoms with Gasteiger partial charge in [-0.1, -0.05) is 6.07 Å². The number of nitrogens with zero attached hydrogens (tertiary/aromatic N) is 2. The van der Waals surface area contributed by atoms with E-state index >= 15 is 0 Å². The second kappa shape index (κ2) is 6.23. The van der Waals surface area contributed by atoms with E-state index in [9.17, 15) is 22.8 Å². The third-order valence-corrected chi connectivity index (χ3v) is 5.84. The van der Waals surface area contributed by atoms with E-state index in [1.807, 2.05) is 0 Å². The molecule has 0 spiro atoms. The Labute approximate surface area is 139 Å². The van der Waals surface area contributed by atoms with E-state index in [1.54, 1.807) is 24.3 Å². The van der Waals surface area contributed by atoms with Crippen LogP contribution >= 0.6 is 0 Å². The highest BCUT2D eigenvalue weighted by Crippen LogP contribution is 2.26. The van der Waals surface area contributed by atoms with Gasteiger partial charge in [-0.05, 0) is 24.6 Å². The van der Waals surface area contributed by atoms with Crippen molar-refractivity contribution in [3.8, 4) is 0 Å². The largest absolute Gasteiger partial charge is 0.324 e. The zero-order valence-corrected chi connectivity index (χ0v) is 13.7. The molecule has 128 valence electrons. The lowest BCUT2D eigenvalue weighted by Crippen LogP contribution is -2.36. The molecule has 0 atom stereocenters. The fourth-order valence-electron chi connectivity index (χ4n) is 2.81. The Morgan fingerprint density at radius 2 is 1.88 bits per heavy atom. The fraction of sp³-hybridized carbons (Fsp3) is 0.400. The van der Waals surface area contributed by atoms with Gasteiger partial charge in [0, 0.05) is 25.1 Å². The number of carbonyl (C=O) groups is 3.